The van der Waals surface area contributed by atoms with Crippen LogP contribution in [0.15, 0.2) is 6.07 Å². The number of hydrogen-bond donors (Lipinski definition) is 1. The molecule has 5 nitrogen and oxygen atoms in total. The van der Waals surface area contributed by atoms with E-state index in [0.29, 0.717) is 12.1 Å². The van der Waals surface area contributed by atoms with Gasteiger partial charge in [-0.25, -0.2) is 0 Å². The SMILES string of the molecule is CCC1CN(C(=O)c2cc3c(s2)CCOC32CCNCC2)CCN1C(C)C.Cl.Cl. The number of nitrogens with zero attached hydrogens (tertiary/aromatic N) is 2. The summed E-state index contributed by atoms with van der Waals surface area (Å²) in [7, 11) is 0. The molecule has 8 heteroatoms. The first-order valence-corrected chi connectivity index (χ1v) is 11.4. The Hall–Kier alpha value is -0.370. The molecular weight excluding hydrogens is 429 g/mol. The van der Waals surface area contributed by atoms with Gasteiger partial charge in [-0.05, 0) is 57.8 Å². The first-order valence-electron chi connectivity index (χ1n) is 10.6. The molecule has 2 fully saturated rings. The molecule has 1 N–H and O–H groups in total. The number of piperazine rings is 1. The molecule has 0 bridgehead atoms. The number of rotatable bonds is 3. The summed E-state index contributed by atoms with van der Waals surface area (Å²) < 4.78 is 6.28. The molecule has 29 heavy (non-hydrogen) atoms. The number of carbonyl (C=O) groups is 1. The average molecular weight is 465 g/mol. The van der Waals surface area contributed by atoms with Gasteiger partial charge in [0.1, 0.15) is 0 Å². The van der Waals surface area contributed by atoms with Crippen molar-refractivity contribution in [2.24, 2.45) is 0 Å². The van der Waals surface area contributed by atoms with E-state index in [4.69, 9.17) is 4.74 Å². The highest BCUT2D eigenvalue weighted by Crippen LogP contribution is 2.43. The predicted octanol–water partition coefficient (Wildman–Crippen LogP) is 3.69. The maximum absolute atomic E-state index is 13.3. The summed E-state index contributed by atoms with van der Waals surface area (Å²) in [5.74, 6) is 0.223. The Morgan fingerprint density at radius 3 is 2.69 bits per heavy atom. The molecule has 1 atom stereocenters. The monoisotopic (exact) mass is 463 g/mol. The van der Waals surface area contributed by atoms with Crippen LogP contribution < -0.4 is 5.32 Å². The highest BCUT2D eigenvalue weighted by Gasteiger charge is 2.41. The van der Waals surface area contributed by atoms with Gasteiger partial charge in [-0.3, -0.25) is 9.69 Å². The van der Waals surface area contributed by atoms with Gasteiger partial charge in [0.05, 0.1) is 17.1 Å². The molecule has 4 rings (SSSR count). The van der Waals surface area contributed by atoms with Crippen molar-refractivity contribution in [2.45, 2.75) is 64.1 Å². The van der Waals surface area contributed by atoms with Crippen LogP contribution in [0.4, 0.5) is 0 Å². The molecule has 4 heterocycles. The first-order chi connectivity index (χ1) is 13.0. The molecular formula is C21H35Cl2N3O2S. The lowest BCUT2D eigenvalue weighted by Gasteiger charge is -2.43. The molecule has 0 radical (unpaired) electrons. The topological polar surface area (TPSA) is 44.8 Å². The largest absolute Gasteiger partial charge is 0.370 e. The van der Waals surface area contributed by atoms with E-state index in [9.17, 15) is 4.79 Å². The van der Waals surface area contributed by atoms with E-state index in [0.717, 1.165) is 69.9 Å². The predicted molar refractivity (Wildman–Crippen MR) is 124 cm³/mol. The van der Waals surface area contributed by atoms with Crippen LogP contribution >= 0.6 is 36.2 Å². The zero-order chi connectivity index (χ0) is 19.0. The maximum atomic E-state index is 13.3. The third-order valence-electron chi connectivity index (χ3n) is 6.58. The molecule has 166 valence electrons. The number of nitrogens with one attached hydrogen (secondary N) is 1. The fourth-order valence-corrected chi connectivity index (χ4v) is 6.22. The summed E-state index contributed by atoms with van der Waals surface area (Å²) in [6.07, 6.45) is 4.05. The summed E-state index contributed by atoms with van der Waals surface area (Å²) in [5.41, 5.74) is 1.15. The van der Waals surface area contributed by atoms with E-state index in [1.54, 1.807) is 11.3 Å². The van der Waals surface area contributed by atoms with Crippen LogP contribution in [0.1, 0.15) is 60.1 Å². The Labute approximate surface area is 191 Å². The number of thiophene rings is 1. The van der Waals surface area contributed by atoms with E-state index in [1.807, 2.05) is 0 Å². The number of piperidine rings is 1. The van der Waals surface area contributed by atoms with Crippen molar-refractivity contribution >= 4 is 42.1 Å². The highest BCUT2D eigenvalue weighted by molar-refractivity contribution is 7.14. The number of carbonyl (C=O) groups excluding carboxylic acids is 1. The van der Waals surface area contributed by atoms with Crippen LogP contribution in [0.25, 0.3) is 0 Å². The van der Waals surface area contributed by atoms with Crippen LogP contribution in [-0.2, 0) is 16.8 Å². The Morgan fingerprint density at radius 2 is 2.03 bits per heavy atom. The zero-order valence-electron chi connectivity index (χ0n) is 17.7. The molecule has 1 spiro atoms. The smallest absolute Gasteiger partial charge is 0.264 e. The van der Waals surface area contributed by atoms with Gasteiger partial charge in [-0.1, -0.05) is 6.92 Å². The third kappa shape index (κ3) is 4.78. The van der Waals surface area contributed by atoms with Crippen LogP contribution in [-0.4, -0.2) is 67.1 Å². The van der Waals surface area contributed by atoms with Gasteiger partial charge in [-0.2, -0.15) is 0 Å². The summed E-state index contributed by atoms with van der Waals surface area (Å²) in [4.78, 5) is 20.2. The van der Waals surface area contributed by atoms with Crippen molar-refractivity contribution in [2.75, 3.05) is 39.3 Å². The van der Waals surface area contributed by atoms with E-state index >= 15 is 0 Å². The quantitative estimate of drug-likeness (QED) is 0.741. The first kappa shape index (κ1) is 24.9. The lowest BCUT2D eigenvalue weighted by molar-refractivity contribution is -0.0792. The van der Waals surface area contributed by atoms with Gasteiger partial charge in [0, 0.05) is 43.0 Å². The summed E-state index contributed by atoms with van der Waals surface area (Å²) in [5, 5.41) is 3.44. The lowest BCUT2D eigenvalue weighted by atomic mass is 9.83. The van der Waals surface area contributed by atoms with E-state index < -0.39 is 0 Å². The molecule has 2 saturated heterocycles. The Balaban J connectivity index is 0.00000150. The fraction of sp³-hybridized carbons (Fsp3) is 0.762. The van der Waals surface area contributed by atoms with E-state index in [-0.39, 0.29) is 36.3 Å². The molecule has 0 saturated carbocycles. The standard InChI is InChI=1S/C21H33N3O2S.2ClH/c1-4-16-14-23(10-11-24(16)15(2)3)20(25)19-13-17-18(27-19)5-12-26-21(17)6-8-22-9-7-21;;/h13,15-16,22H,4-12,14H2,1-3H3;2*1H. The van der Waals surface area contributed by atoms with Crippen molar-refractivity contribution in [1.29, 1.82) is 0 Å². The second kappa shape index (κ2) is 10.3. The van der Waals surface area contributed by atoms with Gasteiger partial charge in [0.15, 0.2) is 0 Å². The van der Waals surface area contributed by atoms with E-state index in [1.165, 1.54) is 10.4 Å². The molecule has 0 aliphatic carbocycles. The van der Waals surface area contributed by atoms with Crippen LogP contribution in [0, 0.1) is 0 Å². The zero-order valence-corrected chi connectivity index (χ0v) is 20.2. The highest BCUT2D eigenvalue weighted by atomic mass is 35.5. The summed E-state index contributed by atoms with van der Waals surface area (Å²) in [6.45, 7) is 12.2. The Morgan fingerprint density at radius 1 is 1.31 bits per heavy atom. The molecule has 1 amide bonds. The lowest BCUT2D eigenvalue weighted by Crippen LogP contribution is -2.56. The van der Waals surface area contributed by atoms with Crippen LogP contribution in [0.3, 0.4) is 0 Å². The van der Waals surface area contributed by atoms with Crippen molar-refractivity contribution < 1.29 is 9.53 Å². The van der Waals surface area contributed by atoms with Crippen molar-refractivity contribution in [3.05, 3.63) is 21.4 Å². The molecule has 1 unspecified atom stereocenters. The number of ether oxygens (including phenoxy) is 1. The van der Waals surface area contributed by atoms with Gasteiger partial charge in [0.25, 0.3) is 5.91 Å². The van der Waals surface area contributed by atoms with Crippen molar-refractivity contribution in [3.8, 4) is 0 Å². The minimum Gasteiger partial charge on any atom is -0.370 e. The second-order valence-corrected chi connectivity index (χ2v) is 9.57. The average Bonchev–Trinajstić information content (AvgIpc) is 3.13. The molecule has 3 aliphatic heterocycles. The Kier molecular flexibility index (Phi) is 8.84. The van der Waals surface area contributed by atoms with Crippen molar-refractivity contribution in [3.63, 3.8) is 0 Å². The molecule has 0 aromatic carbocycles. The minimum absolute atomic E-state index is 0. The Bertz CT molecular complexity index is 691. The second-order valence-electron chi connectivity index (χ2n) is 8.44. The molecule has 1 aromatic heterocycles. The van der Waals surface area contributed by atoms with Gasteiger partial charge >= 0.3 is 0 Å². The van der Waals surface area contributed by atoms with Crippen molar-refractivity contribution in [1.82, 2.24) is 15.1 Å². The van der Waals surface area contributed by atoms with E-state index in [2.05, 4.69) is 42.0 Å². The fourth-order valence-electron chi connectivity index (χ4n) is 5.02. The number of hydrogen-bond acceptors (Lipinski definition) is 5. The van der Waals surface area contributed by atoms with Crippen LogP contribution in [0.2, 0.25) is 0 Å². The maximum Gasteiger partial charge on any atom is 0.264 e. The third-order valence-corrected chi connectivity index (χ3v) is 7.76. The normalized spacial score (nSPS) is 24.0. The van der Waals surface area contributed by atoms with Gasteiger partial charge < -0.3 is 15.0 Å². The number of halogens is 2. The minimum atomic E-state index is -0.157. The summed E-state index contributed by atoms with van der Waals surface area (Å²) >= 11 is 1.72. The van der Waals surface area contributed by atoms with Gasteiger partial charge in [0.2, 0.25) is 0 Å². The summed E-state index contributed by atoms with van der Waals surface area (Å²) in [6, 6.07) is 3.18. The number of fused-ring (bicyclic) bond motifs is 2. The van der Waals surface area contributed by atoms with Gasteiger partial charge in [-0.15, -0.1) is 36.2 Å². The number of amides is 1. The molecule has 1 aromatic rings. The molecule has 3 aliphatic rings. The van der Waals surface area contributed by atoms with Crippen LogP contribution in [0.5, 0.6) is 0 Å².